The van der Waals surface area contributed by atoms with Crippen molar-refractivity contribution in [3.05, 3.63) is 120 Å². The normalized spacial score (nSPS) is 24.6. The quantitative estimate of drug-likeness (QED) is 0.239. The Morgan fingerprint density at radius 2 is 1.74 bits per heavy atom. The lowest BCUT2D eigenvalue weighted by molar-refractivity contribution is -0.116. The Labute approximate surface area is 217 Å². The van der Waals surface area contributed by atoms with Gasteiger partial charge in [0.1, 0.15) is 5.75 Å². The fourth-order valence-corrected chi connectivity index (χ4v) is 7.53. The smallest absolute Gasteiger partial charge is 0.156 e. The molecule has 0 saturated carbocycles. The third kappa shape index (κ3) is 2.14. The number of aliphatic imine (C=N–C) groups is 1. The first kappa shape index (κ1) is 20.3. The largest absolute Gasteiger partial charge is 0.508 e. The van der Waals surface area contributed by atoms with Gasteiger partial charge in [-0.05, 0) is 52.1 Å². The van der Waals surface area contributed by atoms with Crippen LogP contribution in [0.3, 0.4) is 0 Å². The predicted octanol–water partition coefficient (Wildman–Crippen LogP) is 6.98. The van der Waals surface area contributed by atoms with E-state index in [1.165, 1.54) is 0 Å². The van der Waals surface area contributed by atoms with Crippen LogP contribution in [0.2, 0.25) is 0 Å². The monoisotopic (exact) mass is 488 g/mol. The second-order valence-electron chi connectivity index (χ2n) is 10.8. The Balaban J connectivity index is 1.62. The Morgan fingerprint density at radius 3 is 2.68 bits per heavy atom. The molecule has 0 fully saturated rings. The molecule has 1 aromatic heterocycles. The van der Waals surface area contributed by atoms with Crippen LogP contribution in [0.4, 0.5) is 0 Å². The fourth-order valence-electron chi connectivity index (χ4n) is 7.53. The number of carbonyl (C=O) groups is 1. The van der Waals surface area contributed by atoms with Crippen molar-refractivity contribution in [2.75, 3.05) is 0 Å². The van der Waals surface area contributed by atoms with E-state index in [1.807, 2.05) is 30.5 Å². The molecule has 5 aromatic rings. The number of carbonyl (C=O) groups excluding carboxylic acids is 1. The maximum Gasteiger partial charge on any atom is 0.156 e. The summed E-state index contributed by atoms with van der Waals surface area (Å²) in [6.45, 7) is 0. The summed E-state index contributed by atoms with van der Waals surface area (Å²) >= 11 is 0. The molecule has 38 heavy (non-hydrogen) atoms. The van der Waals surface area contributed by atoms with Crippen LogP contribution < -0.4 is 0 Å². The highest BCUT2D eigenvalue weighted by Crippen LogP contribution is 2.63. The van der Waals surface area contributed by atoms with Crippen molar-refractivity contribution in [3.8, 4) is 5.75 Å². The van der Waals surface area contributed by atoms with Gasteiger partial charge in [-0.2, -0.15) is 0 Å². The number of hydrogen-bond donors (Lipinski definition) is 1. The van der Waals surface area contributed by atoms with Crippen LogP contribution in [-0.2, 0) is 10.2 Å². The highest BCUT2D eigenvalue weighted by Gasteiger charge is 2.62. The highest BCUT2D eigenvalue weighted by atomic mass is 16.3. The molecule has 1 spiro atoms. The molecule has 2 atom stereocenters. The lowest BCUT2D eigenvalue weighted by Crippen LogP contribution is -2.57. The van der Waals surface area contributed by atoms with Gasteiger partial charge in [-0.3, -0.25) is 14.8 Å². The van der Waals surface area contributed by atoms with Crippen molar-refractivity contribution in [1.82, 2.24) is 4.98 Å². The first-order valence-corrected chi connectivity index (χ1v) is 12.9. The van der Waals surface area contributed by atoms with Crippen molar-refractivity contribution >= 4 is 54.7 Å². The standard InChI is InChI=1S/C34H20N2O2/c37-22-9-7-20-16-27-29-28(26(20)17-22)25-10-8-19-4-1-2-6-24(19)30(25)36-32(29)33-13-3-5-21-12-15-35-31(27)34(21,33)14-11-23(38)18-33/h1-17,37H,18H2. The summed E-state index contributed by atoms with van der Waals surface area (Å²) in [7, 11) is 0. The minimum absolute atomic E-state index is 0.0882. The summed E-state index contributed by atoms with van der Waals surface area (Å²) in [5, 5.41) is 17.9. The second kappa shape index (κ2) is 6.53. The lowest BCUT2D eigenvalue weighted by Gasteiger charge is -2.55. The van der Waals surface area contributed by atoms with Crippen molar-refractivity contribution in [3.63, 3.8) is 0 Å². The van der Waals surface area contributed by atoms with E-state index in [0.717, 1.165) is 65.8 Å². The number of fused-ring (bicyclic) bond motifs is 7. The summed E-state index contributed by atoms with van der Waals surface area (Å²) in [4.78, 5) is 23.7. The van der Waals surface area contributed by atoms with Gasteiger partial charge >= 0.3 is 0 Å². The molecule has 0 bridgehead atoms. The van der Waals surface area contributed by atoms with E-state index in [-0.39, 0.29) is 11.5 Å². The molecule has 1 aliphatic heterocycles. The molecule has 4 nitrogen and oxygen atoms in total. The van der Waals surface area contributed by atoms with Gasteiger partial charge in [0.05, 0.1) is 27.8 Å². The number of hydrogen-bond acceptors (Lipinski definition) is 4. The molecule has 4 heteroatoms. The average Bonchev–Trinajstić information content (AvgIpc) is 2.94. The number of pyridine rings is 1. The third-order valence-electron chi connectivity index (χ3n) is 9.05. The first-order valence-electron chi connectivity index (χ1n) is 12.9. The average molecular weight is 489 g/mol. The molecule has 4 aliphatic rings. The summed E-state index contributed by atoms with van der Waals surface area (Å²) in [6, 6.07) is 20.4. The van der Waals surface area contributed by atoms with Crippen molar-refractivity contribution in [2.24, 2.45) is 10.4 Å². The Hall–Kier alpha value is -4.83. The SMILES string of the molecule is O=C1C=CC23C4=CC=CC2(C1)c1nc2c5ccccc5ccc2c2c1c(cc1ccc(O)cc12)C3=NC=C4. The summed E-state index contributed by atoms with van der Waals surface area (Å²) in [6.07, 6.45) is 14.5. The van der Waals surface area contributed by atoms with Gasteiger partial charge in [0.15, 0.2) is 5.78 Å². The molecule has 2 heterocycles. The molecule has 1 N–H and O–H groups in total. The van der Waals surface area contributed by atoms with E-state index in [1.54, 1.807) is 12.1 Å². The zero-order chi connectivity index (χ0) is 25.2. The molecule has 9 rings (SSSR count). The molecule has 0 saturated heterocycles. The van der Waals surface area contributed by atoms with E-state index in [9.17, 15) is 9.90 Å². The van der Waals surface area contributed by atoms with E-state index in [4.69, 9.17) is 9.98 Å². The molecule has 3 aliphatic carbocycles. The van der Waals surface area contributed by atoms with Crippen LogP contribution in [0.25, 0.3) is 43.2 Å². The topological polar surface area (TPSA) is 62.5 Å². The molecule has 2 unspecified atom stereocenters. The minimum atomic E-state index is -0.701. The van der Waals surface area contributed by atoms with Crippen molar-refractivity contribution in [2.45, 2.75) is 11.8 Å². The minimum Gasteiger partial charge on any atom is -0.508 e. The maximum absolute atomic E-state index is 13.2. The Bertz CT molecular complexity index is 2150. The highest BCUT2D eigenvalue weighted by molar-refractivity contribution is 6.32. The third-order valence-corrected chi connectivity index (χ3v) is 9.05. The number of aromatic nitrogens is 1. The number of nitrogens with zero attached hydrogens (tertiary/aromatic N) is 2. The molecule has 178 valence electrons. The van der Waals surface area contributed by atoms with Gasteiger partial charge in [-0.1, -0.05) is 66.8 Å². The summed E-state index contributed by atoms with van der Waals surface area (Å²) in [5.41, 5.74) is 3.62. The van der Waals surface area contributed by atoms with Crippen LogP contribution >= 0.6 is 0 Å². The van der Waals surface area contributed by atoms with Crippen LogP contribution in [0.1, 0.15) is 17.7 Å². The number of rotatable bonds is 0. The second-order valence-corrected chi connectivity index (χ2v) is 10.8. The number of aromatic hydroxyl groups is 1. The number of benzene rings is 4. The zero-order valence-electron chi connectivity index (χ0n) is 20.3. The lowest BCUT2D eigenvalue weighted by atomic mass is 9.46. The van der Waals surface area contributed by atoms with Gasteiger partial charge in [-0.15, -0.1) is 0 Å². The first-order chi connectivity index (χ1) is 18.6. The van der Waals surface area contributed by atoms with Crippen molar-refractivity contribution < 1.29 is 9.90 Å². The van der Waals surface area contributed by atoms with E-state index < -0.39 is 10.8 Å². The van der Waals surface area contributed by atoms with Gasteiger partial charge in [0, 0.05) is 39.7 Å². The van der Waals surface area contributed by atoms with Crippen molar-refractivity contribution in [1.29, 1.82) is 0 Å². The van der Waals surface area contributed by atoms with Gasteiger partial charge in [-0.25, -0.2) is 0 Å². The van der Waals surface area contributed by atoms with Gasteiger partial charge in [0.25, 0.3) is 0 Å². The van der Waals surface area contributed by atoms with Gasteiger partial charge < -0.3 is 5.11 Å². The van der Waals surface area contributed by atoms with E-state index in [0.29, 0.717) is 6.42 Å². The van der Waals surface area contributed by atoms with E-state index >= 15 is 0 Å². The molecular weight excluding hydrogens is 468 g/mol. The summed E-state index contributed by atoms with van der Waals surface area (Å²) in [5.74, 6) is 0.310. The predicted molar refractivity (Wildman–Crippen MR) is 152 cm³/mol. The van der Waals surface area contributed by atoms with Crippen LogP contribution in [0.15, 0.2) is 114 Å². The van der Waals surface area contributed by atoms with Crippen LogP contribution in [0, 0.1) is 5.41 Å². The number of phenolic OH excluding ortho intramolecular Hbond substituents is 1. The maximum atomic E-state index is 13.2. The Morgan fingerprint density at radius 1 is 0.842 bits per heavy atom. The number of phenols is 1. The fraction of sp³-hybridized carbons (Fsp3) is 0.0882. The number of allylic oxidation sites excluding steroid dienone is 7. The summed E-state index contributed by atoms with van der Waals surface area (Å²) < 4.78 is 0. The van der Waals surface area contributed by atoms with Crippen LogP contribution in [0.5, 0.6) is 5.75 Å². The molecular formula is C34H20N2O2. The Kier molecular flexibility index (Phi) is 3.48. The van der Waals surface area contributed by atoms with Crippen LogP contribution in [-0.4, -0.2) is 21.6 Å². The molecule has 0 radical (unpaired) electrons. The molecule has 4 aromatic carbocycles. The number of ketones is 1. The zero-order valence-corrected chi connectivity index (χ0v) is 20.3. The van der Waals surface area contributed by atoms with E-state index in [2.05, 4.69) is 60.7 Å². The molecule has 0 amide bonds. The van der Waals surface area contributed by atoms with Gasteiger partial charge in [0.2, 0.25) is 0 Å².